The summed E-state index contributed by atoms with van der Waals surface area (Å²) < 4.78 is 12.8. The van der Waals surface area contributed by atoms with Gasteiger partial charge in [-0.3, -0.25) is 0 Å². The van der Waals surface area contributed by atoms with Gasteiger partial charge in [0.2, 0.25) is 0 Å². The maximum atomic E-state index is 12.8. The van der Waals surface area contributed by atoms with Crippen LogP contribution in [0.15, 0.2) is 18.2 Å². The van der Waals surface area contributed by atoms with Gasteiger partial charge < -0.3 is 5.11 Å². The highest BCUT2D eigenvalue weighted by molar-refractivity contribution is 7.80. The van der Waals surface area contributed by atoms with Gasteiger partial charge >= 0.3 is 0 Å². The number of thiol groups is 1. The minimum absolute atomic E-state index is 0.0367. The zero-order valence-electron chi connectivity index (χ0n) is 5.92. The lowest BCUT2D eigenvalue weighted by atomic mass is 10.1. The first kappa shape index (κ1) is 8.40. The molecular formula is C8H9FOS. The molecule has 60 valence electrons. The van der Waals surface area contributed by atoms with Crippen LogP contribution in [0.3, 0.4) is 0 Å². The molecule has 1 N–H and O–H groups in total. The van der Waals surface area contributed by atoms with Crippen LogP contribution < -0.4 is 0 Å². The summed E-state index contributed by atoms with van der Waals surface area (Å²) in [5.41, 5.74) is 0.595. The Bertz CT molecular complexity index is 250. The van der Waals surface area contributed by atoms with E-state index >= 15 is 0 Å². The summed E-state index contributed by atoms with van der Waals surface area (Å²) in [6, 6.07) is 4.15. The lowest BCUT2D eigenvalue weighted by molar-refractivity contribution is 0.468. The van der Waals surface area contributed by atoms with Crippen molar-refractivity contribution >= 4 is 12.6 Å². The smallest absolute Gasteiger partial charge is 0.130 e. The third-order valence-corrected chi connectivity index (χ3v) is 1.64. The van der Waals surface area contributed by atoms with Crippen molar-refractivity contribution in [1.29, 1.82) is 0 Å². The lowest BCUT2D eigenvalue weighted by Crippen LogP contribution is -1.90. The summed E-state index contributed by atoms with van der Waals surface area (Å²) in [6.07, 6.45) is 0.592. The average Bonchev–Trinajstić information content (AvgIpc) is 1.95. The van der Waals surface area contributed by atoms with E-state index in [2.05, 4.69) is 12.6 Å². The number of aryl methyl sites for hydroxylation is 1. The van der Waals surface area contributed by atoms with Crippen molar-refractivity contribution in [2.45, 2.75) is 6.42 Å². The highest BCUT2D eigenvalue weighted by atomic mass is 32.1. The summed E-state index contributed by atoms with van der Waals surface area (Å²) in [5, 5.41) is 8.85. The molecule has 0 unspecified atom stereocenters. The SMILES string of the molecule is Oc1ccc(CCS)c(F)c1. The molecule has 3 heteroatoms. The van der Waals surface area contributed by atoms with Gasteiger partial charge in [-0.1, -0.05) is 6.07 Å². The Hall–Kier alpha value is -0.700. The minimum Gasteiger partial charge on any atom is -0.508 e. The van der Waals surface area contributed by atoms with Gasteiger partial charge in [0.25, 0.3) is 0 Å². The summed E-state index contributed by atoms with van der Waals surface area (Å²) in [7, 11) is 0. The Kier molecular flexibility index (Phi) is 2.76. The van der Waals surface area contributed by atoms with Crippen LogP contribution in [0.1, 0.15) is 5.56 Å². The van der Waals surface area contributed by atoms with Crippen molar-refractivity contribution in [3.05, 3.63) is 29.6 Å². The fourth-order valence-corrected chi connectivity index (χ4v) is 1.10. The van der Waals surface area contributed by atoms with E-state index in [4.69, 9.17) is 5.11 Å². The fourth-order valence-electron chi connectivity index (χ4n) is 0.859. The molecule has 0 radical (unpaired) electrons. The van der Waals surface area contributed by atoms with Gasteiger partial charge in [0.15, 0.2) is 0 Å². The highest BCUT2D eigenvalue weighted by Crippen LogP contribution is 2.15. The lowest BCUT2D eigenvalue weighted by Gasteiger charge is -1.99. The molecule has 11 heavy (non-hydrogen) atoms. The van der Waals surface area contributed by atoms with E-state index in [1.165, 1.54) is 6.07 Å². The number of rotatable bonds is 2. The van der Waals surface area contributed by atoms with Crippen LogP contribution in [0.25, 0.3) is 0 Å². The van der Waals surface area contributed by atoms with Gasteiger partial charge in [-0.05, 0) is 23.8 Å². The first-order valence-corrected chi connectivity index (χ1v) is 3.95. The van der Waals surface area contributed by atoms with Crippen molar-refractivity contribution in [3.8, 4) is 5.75 Å². The number of benzene rings is 1. The third-order valence-electron chi connectivity index (χ3n) is 1.42. The maximum absolute atomic E-state index is 12.8. The van der Waals surface area contributed by atoms with E-state index in [1.54, 1.807) is 6.07 Å². The normalized spacial score (nSPS) is 10.0. The average molecular weight is 172 g/mol. The summed E-state index contributed by atoms with van der Waals surface area (Å²) >= 11 is 3.98. The Labute approximate surface area is 70.3 Å². The summed E-state index contributed by atoms with van der Waals surface area (Å²) in [5.74, 6) is 0.214. The number of phenols is 1. The van der Waals surface area contributed by atoms with Crippen LogP contribution >= 0.6 is 12.6 Å². The molecule has 1 aromatic rings. The fraction of sp³-hybridized carbons (Fsp3) is 0.250. The predicted octanol–water partition coefficient (Wildman–Crippen LogP) is 2.00. The van der Waals surface area contributed by atoms with E-state index in [0.29, 0.717) is 17.7 Å². The van der Waals surface area contributed by atoms with Crippen LogP contribution in [-0.4, -0.2) is 10.9 Å². The van der Waals surface area contributed by atoms with Crippen LogP contribution in [0.5, 0.6) is 5.75 Å². The minimum atomic E-state index is -0.362. The van der Waals surface area contributed by atoms with Gasteiger partial charge in [-0.2, -0.15) is 12.6 Å². The van der Waals surface area contributed by atoms with Gasteiger partial charge in [0.1, 0.15) is 11.6 Å². The molecule has 0 bridgehead atoms. The Balaban J connectivity index is 2.90. The van der Waals surface area contributed by atoms with Gasteiger partial charge in [0.05, 0.1) is 0 Å². The Morgan fingerprint density at radius 3 is 2.73 bits per heavy atom. The molecule has 0 amide bonds. The second-order valence-electron chi connectivity index (χ2n) is 2.25. The molecule has 0 fully saturated rings. The van der Waals surface area contributed by atoms with Crippen LogP contribution in [0, 0.1) is 5.82 Å². The van der Waals surface area contributed by atoms with Crippen molar-refractivity contribution in [2.75, 3.05) is 5.75 Å². The molecular weight excluding hydrogens is 163 g/mol. The van der Waals surface area contributed by atoms with E-state index < -0.39 is 0 Å². The van der Waals surface area contributed by atoms with Gasteiger partial charge in [-0.15, -0.1) is 0 Å². The van der Waals surface area contributed by atoms with Crippen molar-refractivity contribution in [3.63, 3.8) is 0 Å². The molecule has 0 aliphatic heterocycles. The molecule has 1 aromatic carbocycles. The molecule has 0 spiro atoms. The second kappa shape index (κ2) is 3.62. The number of hydrogen-bond donors (Lipinski definition) is 2. The zero-order valence-corrected chi connectivity index (χ0v) is 6.81. The maximum Gasteiger partial charge on any atom is 0.130 e. The van der Waals surface area contributed by atoms with Gasteiger partial charge in [-0.25, -0.2) is 4.39 Å². The number of halogens is 1. The van der Waals surface area contributed by atoms with Crippen molar-refractivity contribution in [1.82, 2.24) is 0 Å². The molecule has 0 heterocycles. The topological polar surface area (TPSA) is 20.2 Å². The summed E-state index contributed by atoms with van der Waals surface area (Å²) in [6.45, 7) is 0. The largest absolute Gasteiger partial charge is 0.508 e. The third kappa shape index (κ3) is 2.12. The van der Waals surface area contributed by atoms with E-state index in [9.17, 15) is 4.39 Å². The zero-order chi connectivity index (χ0) is 8.27. The monoisotopic (exact) mass is 172 g/mol. The molecule has 0 saturated heterocycles. The predicted molar refractivity (Wildman–Crippen MR) is 45.6 cm³/mol. The van der Waals surface area contributed by atoms with E-state index in [0.717, 1.165) is 6.07 Å². The van der Waals surface area contributed by atoms with Crippen LogP contribution in [0.2, 0.25) is 0 Å². The summed E-state index contributed by atoms with van der Waals surface area (Å²) in [4.78, 5) is 0. The first-order valence-electron chi connectivity index (χ1n) is 3.32. The van der Waals surface area contributed by atoms with Crippen molar-refractivity contribution in [2.24, 2.45) is 0 Å². The van der Waals surface area contributed by atoms with Crippen LogP contribution in [-0.2, 0) is 6.42 Å². The molecule has 0 aliphatic rings. The standard InChI is InChI=1S/C8H9FOS/c9-8-5-7(10)2-1-6(8)3-4-11/h1-2,5,10-11H,3-4H2. The molecule has 0 aliphatic carbocycles. The molecule has 1 nitrogen and oxygen atoms in total. The Morgan fingerprint density at radius 1 is 1.45 bits per heavy atom. The highest BCUT2D eigenvalue weighted by Gasteiger charge is 2.00. The van der Waals surface area contributed by atoms with E-state index in [1.807, 2.05) is 0 Å². The number of aromatic hydroxyl groups is 1. The number of hydrogen-bond acceptors (Lipinski definition) is 2. The molecule has 0 atom stereocenters. The molecule has 1 rings (SSSR count). The molecule has 0 saturated carbocycles. The van der Waals surface area contributed by atoms with Crippen LogP contribution in [0.4, 0.5) is 4.39 Å². The number of phenolic OH excluding ortho intramolecular Hbond substituents is 1. The van der Waals surface area contributed by atoms with Crippen molar-refractivity contribution < 1.29 is 9.50 Å². The van der Waals surface area contributed by atoms with Gasteiger partial charge in [0, 0.05) is 6.07 Å². The quantitative estimate of drug-likeness (QED) is 0.654. The Morgan fingerprint density at radius 2 is 2.18 bits per heavy atom. The van der Waals surface area contributed by atoms with E-state index in [-0.39, 0.29) is 11.6 Å². The second-order valence-corrected chi connectivity index (χ2v) is 2.70. The molecule has 0 aromatic heterocycles. The first-order chi connectivity index (χ1) is 5.24.